The minimum Gasteiger partial charge on any atom is -0.462 e. The number of carbonyl (C=O) groups is 2. The first-order valence-electron chi connectivity index (χ1n) is 8.62. The summed E-state index contributed by atoms with van der Waals surface area (Å²) >= 11 is 1.71. The van der Waals surface area contributed by atoms with Crippen molar-refractivity contribution in [2.75, 3.05) is 32.4 Å². The molecule has 3 rings (SSSR count). The van der Waals surface area contributed by atoms with Crippen LogP contribution in [-0.4, -0.2) is 60.3 Å². The van der Waals surface area contributed by atoms with E-state index in [-0.39, 0.29) is 11.5 Å². The summed E-state index contributed by atoms with van der Waals surface area (Å²) in [5.41, 5.74) is 1.48. The number of piperazine rings is 1. The summed E-state index contributed by atoms with van der Waals surface area (Å²) in [7, 11) is 0. The standard InChI is InChI=1S/C14H17N3OS.C5H10O2/c1-19-13-9-16-12-8-10(2-3-11(12)13)14(18)17-6-4-15-5-7-17;1-5(2,3)7-4-6/h2-3,8-9,15-16H,4-7H2,1H3;4H,1-3H3. The number of aromatic amines is 1. The second kappa shape index (κ2) is 9.09. The van der Waals surface area contributed by atoms with E-state index in [0.717, 1.165) is 37.3 Å². The number of rotatable bonds is 3. The number of hydrogen-bond acceptors (Lipinski definition) is 5. The molecular weight excluding hydrogens is 350 g/mol. The number of nitrogens with one attached hydrogen (secondary N) is 2. The summed E-state index contributed by atoms with van der Waals surface area (Å²) in [5.74, 6) is 0.128. The molecule has 2 N–H and O–H groups in total. The lowest BCUT2D eigenvalue weighted by Gasteiger charge is -2.27. The highest BCUT2D eigenvalue weighted by molar-refractivity contribution is 7.98. The molecule has 1 aromatic heterocycles. The van der Waals surface area contributed by atoms with E-state index >= 15 is 0 Å². The van der Waals surface area contributed by atoms with Crippen molar-refractivity contribution in [3.8, 4) is 0 Å². The number of H-pyrrole nitrogens is 1. The molecule has 2 heterocycles. The van der Waals surface area contributed by atoms with Gasteiger partial charge in [-0.25, -0.2) is 0 Å². The van der Waals surface area contributed by atoms with Crippen molar-refractivity contribution in [2.24, 2.45) is 0 Å². The van der Waals surface area contributed by atoms with E-state index < -0.39 is 0 Å². The van der Waals surface area contributed by atoms with Crippen LogP contribution in [0.1, 0.15) is 31.1 Å². The van der Waals surface area contributed by atoms with Crippen LogP contribution in [0.3, 0.4) is 0 Å². The number of amides is 1. The number of thioether (sulfide) groups is 1. The van der Waals surface area contributed by atoms with Gasteiger partial charge in [-0.2, -0.15) is 0 Å². The third-order valence-corrected chi connectivity index (χ3v) is 4.69. The van der Waals surface area contributed by atoms with Crippen molar-refractivity contribution in [2.45, 2.75) is 31.3 Å². The number of carbonyl (C=O) groups excluding carboxylic acids is 2. The summed E-state index contributed by atoms with van der Waals surface area (Å²) in [6.07, 6.45) is 4.05. The van der Waals surface area contributed by atoms with Gasteiger partial charge in [0.15, 0.2) is 0 Å². The van der Waals surface area contributed by atoms with Gasteiger partial charge < -0.3 is 19.9 Å². The summed E-state index contributed by atoms with van der Waals surface area (Å²) < 4.78 is 4.55. The van der Waals surface area contributed by atoms with Crippen molar-refractivity contribution < 1.29 is 14.3 Å². The zero-order valence-electron chi connectivity index (χ0n) is 15.8. The topological polar surface area (TPSA) is 74.4 Å². The van der Waals surface area contributed by atoms with Crippen molar-refractivity contribution in [3.05, 3.63) is 30.0 Å². The molecule has 0 unspecified atom stereocenters. The summed E-state index contributed by atoms with van der Waals surface area (Å²) in [5, 5.41) is 4.44. The molecule has 0 spiro atoms. The smallest absolute Gasteiger partial charge is 0.293 e. The first kappa shape index (κ1) is 20.3. The normalized spacial score (nSPS) is 14.5. The molecule has 26 heavy (non-hydrogen) atoms. The van der Waals surface area contributed by atoms with Gasteiger partial charge in [0.25, 0.3) is 12.4 Å². The maximum Gasteiger partial charge on any atom is 0.293 e. The Morgan fingerprint density at radius 3 is 2.50 bits per heavy atom. The molecule has 1 aromatic carbocycles. The van der Waals surface area contributed by atoms with Crippen molar-refractivity contribution in [3.63, 3.8) is 0 Å². The molecule has 1 aliphatic heterocycles. The molecule has 0 bridgehead atoms. The molecule has 0 atom stereocenters. The Hall–Kier alpha value is -1.99. The van der Waals surface area contributed by atoms with Crippen LogP contribution in [0.2, 0.25) is 0 Å². The molecular formula is C19H27N3O3S. The van der Waals surface area contributed by atoms with Crippen LogP contribution in [0.15, 0.2) is 29.3 Å². The lowest BCUT2D eigenvalue weighted by Crippen LogP contribution is -2.46. The van der Waals surface area contributed by atoms with Crippen LogP contribution in [0.4, 0.5) is 0 Å². The second-order valence-electron chi connectivity index (χ2n) is 6.99. The van der Waals surface area contributed by atoms with Gasteiger partial charge >= 0.3 is 0 Å². The van der Waals surface area contributed by atoms with Crippen LogP contribution in [-0.2, 0) is 9.53 Å². The number of hydrogen-bond donors (Lipinski definition) is 2. The lowest BCUT2D eigenvalue weighted by molar-refractivity contribution is -0.138. The van der Waals surface area contributed by atoms with Gasteiger partial charge in [0.05, 0.1) is 0 Å². The Morgan fingerprint density at radius 2 is 1.96 bits per heavy atom. The van der Waals surface area contributed by atoms with Gasteiger partial charge in [0.1, 0.15) is 5.60 Å². The van der Waals surface area contributed by atoms with E-state index in [2.05, 4.69) is 21.3 Å². The van der Waals surface area contributed by atoms with E-state index in [0.29, 0.717) is 6.47 Å². The Labute approximate surface area is 158 Å². The Morgan fingerprint density at radius 1 is 1.27 bits per heavy atom. The monoisotopic (exact) mass is 377 g/mol. The fourth-order valence-electron chi connectivity index (χ4n) is 2.60. The lowest BCUT2D eigenvalue weighted by atomic mass is 10.1. The van der Waals surface area contributed by atoms with Gasteiger partial charge in [0, 0.05) is 53.7 Å². The Kier molecular flexibility index (Phi) is 7.11. The number of aromatic nitrogens is 1. The van der Waals surface area contributed by atoms with Crippen LogP contribution in [0.25, 0.3) is 10.9 Å². The van der Waals surface area contributed by atoms with Gasteiger partial charge in [-0.05, 0) is 39.2 Å². The van der Waals surface area contributed by atoms with Crippen LogP contribution < -0.4 is 5.32 Å². The van der Waals surface area contributed by atoms with Gasteiger partial charge in [-0.3, -0.25) is 9.59 Å². The molecule has 1 fully saturated rings. The van der Waals surface area contributed by atoms with E-state index in [1.165, 1.54) is 10.3 Å². The van der Waals surface area contributed by atoms with Gasteiger partial charge in [-0.1, -0.05) is 6.07 Å². The highest BCUT2D eigenvalue weighted by Gasteiger charge is 2.18. The van der Waals surface area contributed by atoms with Gasteiger partial charge in [0.2, 0.25) is 0 Å². The molecule has 7 heteroatoms. The maximum atomic E-state index is 12.4. The number of benzene rings is 1. The molecule has 6 nitrogen and oxygen atoms in total. The molecule has 142 valence electrons. The minimum atomic E-state index is -0.318. The predicted octanol–water partition coefficient (Wildman–Crippen LogP) is 2.89. The van der Waals surface area contributed by atoms with Crippen molar-refractivity contribution in [1.29, 1.82) is 0 Å². The fourth-order valence-corrected chi connectivity index (χ4v) is 3.17. The minimum absolute atomic E-state index is 0.128. The zero-order valence-corrected chi connectivity index (χ0v) is 16.6. The Balaban J connectivity index is 0.000000298. The van der Waals surface area contributed by atoms with Crippen molar-refractivity contribution in [1.82, 2.24) is 15.2 Å². The van der Waals surface area contributed by atoms with Gasteiger partial charge in [-0.15, -0.1) is 11.8 Å². The molecule has 1 saturated heterocycles. The first-order valence-corrected chi connectivity index (χ1v) is 9.85. The van der Waals surface area contributed by atoms with E-state index in [4.69, 9.17) is 0 Å². The average Bonchev–Trinajstić information content (AvgIpc) is 3.03. The fraction of sp³-hybridized carbons (Fsp3) is 0.474. The highest BCUT2D eigenvalue weighted by Crippen LogP contribution is 2.27. The number of nitrogens with zero attached hydrogens (tertiary/aromatic N) is 1. The van der Waals surface area contributed by atoms with Crippen LogP contribution in [0, 0.1) is 0 Å². The summed E-state index contributed by atoms with van der Waals surface area (Å²) in [4.78, 5) is 28.4. The molecule has 0 saturated carbocycles. The Bertz CT molecular complexity index is 746. The molecule has 0 radical (unpaired) electrons. The summed E-state index contributed by atoms with van der Waals surface area (Å²) in [6, 6.07) is 5.92. The summed E-state index contributed by atoms with van der Waals surface area (Å²) in [6.45, 7) is 9.26. The van der Waals surface area contributed by atoms with Crippen LogP contribution in [0.5, 0.6) is 0 Å². The molecule has 2 aromatic rings. The maximum absolute atomic E-state index is 12.4. The quantitative estimate of drug-likeness (QED) is 0.635. The highest BCUT2D eigenvalue weighted by atomic mass is 32.2. The van der Waals surface area contributed by atoms with E-state index in [1.54, 1.807) is 11.8 Å². The largest absolute Gasteiger partial charge is 0.462 e. The number of fused-ring (bicyclic) bond motifs is 1. The molecule has 1 aliphatic rings. The average molecular weight is 378 g/mol. The third kappa shape index (κ3) is 5.51. The molecule has 0 aliphatic carbocycles. The SMILES string of the molecule is CC(C)(C)OC=O.CSc1c[nH]c2cc(C(=O)N3CCNCC3)ccc12. The second-order valence-corrected chi connectivity index (χ2v) is 7.83. The van der Waals surface area contributed by atoms with Crippen LogP contribution >= 0.6 is 11.8 Å². The van der Waals surface area contributed by atoms with E-state index in [9.17, 15) is 9.59 Å². The predicted molar refractivity (Wildman–Crippen MR) is 106 cm³/mol. The number of ether oxygens (including phenoxy) is 1. The zero-order chi connectivity index (χ0) is 19.2. The third-order valence-electron chi connectivity index (χ3n) is 3.92. The molecule has 1 amide bonds. The van der Waals surface area contributed by atoms with E-state index in [1.807, 2.05) is 50.1 Å². The van der Waals surface area contributed by atoms with Crippen molar-refractivity contribution >= 4 is 35.0 Å². The first-order chi connectivity index (χ1) is 12.4.